The van der Waals surface area contributed by atoms with E-state index in [2.05, 4.69) is 7.05 Å². The van der Waals surface area contributed by atoms with E-state index in [4.69, 9.17) is 4.74 Å². The predicted octanol–water partition coefficient (Wildman–Crippen LogP) is -0.206. The van der Waals surface area contributed by atoms with Crippen molar-refractivity contribution in [3.63, 3.8) is 0 Å². The number of likely N-dealkylation sites (tertiary alicyclic amines) is 1. The molecule has 5 nitrogen and oxygen atoms in total. The van der Waals surface area contributed by atoms with Crippen LogP contribution in [-0.2, 0) is 9.53 Å². The van der Waals surface area contributed by atoms with Crippen LogP contribution in [0.25, 0.3) is 0 Å². The minimum Gasteiger partial charge on any atom is -0.449 e. The molecule has 2 atom stereocenters. The highest BCUT2D eigenvalue weighted by molar-refractivity contribution is 5.73. The molecule has 0 amide bonds. The van der Waals surface area contributed by atoms with Crippen LogP contribution in [0.5, 0.6) is 0 Å². The molecule has 2 aliphatic heterocycles. The van der Waals surface area contributed by atoms with E-state index in [-0.39, 0.29) is 17.5 Å². The van der Waals surface area contributed by atoms with Crippen molar-refractivity contribution in [3.05, 3.63) is 0 Å². The maximum atomic E-state index is 11.0. The Morgan fingerprint density at radius 1 is 1.50 bits per heavy atom. The lowest BCUT2D eigenvalue weighted by Crippen LogP contribution is -2.58. The van der Waals surface area contributed by atoms with Gasteiger partial charge < -0.3 is 14.3 Å². The molecule has 0 aromatic carbocycles. The molecule has 2 saturated heterocycles. The Labute approximate surface area is 108 Å². The molecule has 2 heterocycles. The zero-order valence-electron chi connectivity index (χ0n) is 11.1. The zero-order chi connectivity index (χ0) is 12.8. The Hall–Kier alpha value is -0.650. The molecule has 18 heavy (non-hydrogen) atoms. The molecule has 3 fully saturated rings. The topological polar surface area (TPSA) is 49.8 Å². The van der Waals surface area contributed by atoms with Gasteiger partial charge in [-0.25, -0.2) is 0 Å². The summed E-state index contributed by atoms with van der Waals surface area (Å²) in [6.45, 7) is 4.74. The smallest absolute Gasteiger partial charge is 0.321 e. The third-order valence-electron chi connectivity index (χ3n) is 5.08. The maximum absolute atomic E-state index is 11.0. The summed E-state index contributed by atoms with van der Waals surface area (Å²) in [4.78, 5) is 13.1. The van der Waals surface area contributed by atoms with Gasteiger partial charge in [-0.05, 0) is 12.8 Å². The summed E-state index contributed by atoms with van der Waals surface area (Å²) in [7, 11) is 2.22. The van der Waals surface area contributed by atoms with Gasteiger partial charge in [0.25, 0.3) is 0 Å². The lowest BCUT2D eigenvalue weighted by atomic mass is 9.89. The van der Waals surface area contributed by atoms with Crippen LogP contribution in [0.1, 0.15) is 19.3 Å². The monoisotopic (exact) mass is 255 g/mol. The lowest BCUT2D eigenvalue weighted by molar-refractivity contribution is -0.918. The highest BCUT2D eigenvalue weighted by Crippen LogP contribution is 2.54. The van der Waals surface area contributed by atoms with Crippen LogP contribution in [0, 0.1) is 5.41 Å². The van der Waals surface area contributed by atoms with E-state index in [0.717, 1.165) is 37.1 Å². The van der Waals surface area contributed by atoms with Crippen LogP contribution < -0.4 is 0 Å². The van der Waals surface area contributed by atoms with Gasteiger partial charge in [0.05, 0.1) is 33.2 Å². The number of carbonyl (C=O) groups is 1. The molecule has 0 radical (unpaired) electrons. The van der Waals surface area contributed by atoms with Gasteiger partial charge in [0.2, 0.25) is 0 Å². The number of nitrogens with zero attached hydrogens (tertiary/aromatic N) is 2. The minimum atomic E-state index is -0.132. The molecular formula is C13H23N2O3+. The molecule has 1 N–H and O–H groups in total. The first-order chi connectivity index (χ1) is 8.51. The Morgan fingerprint density at radius 3 is 2.83 bits per heavy atom. The first kappa shape index (κ1) is 12.4. The molecular weight excluding hydrogens is 232 g/mol. The van der Waals surface area contributed by atoms with Crippen molar-refractivity contribution in [2.75, 3.05) is 46.5 Å². The third-order valence-corrected chi connectivity index (χ3v) is 5.08. The van der Waals surface area contributed by atoms with E-state index in [1.807, 2.05) is 4.90 Å². The Morgan fingerprint density at radius 2 is 2.28 bits per heavy atom. The molecule has 3 rings (SSSR count). The Bertz CT molecular complexity index is 356. The van der Waals surface area contributed by atoms with Gasteiger partial charge in [-0.15, -0.1) is 0 Å². The Balaban J connectivity index is 1.51. The van der Waals surface area contributed by atoms with E-state index < -0.39 is 0 Å². The van der Waals surface area contributed by atoms with Crippen molar-refractivity contribution in [2.24, 2.45) is 5.41 Å². The fourth-order valence-corrected chi connectivity index (χ4v) is 3.27. The first-order valence-corrected chi connectivity index (χ1v) is 6.91. The number of piperidine rings is 1. The van der Waals surface area contributed by atoms with Gasteiger partial charge in [-0.3, -0.25) is 9.69 Å². The average molecular weight is 255 g/mol. The van der Waals surface area contributed by atoms with Crippen LogP contribution in [0.15, 0.2) is 0 Å². The summed E-state index contributed by atoms with van der Waals surface area (Å²) in [6.07, 6.45) is 3.44. The molecule has 3 aliphatic rings. The molecule has 1 spiro atoms. The molecule has 1 aliphatic carbocycles. The number of aliphatic hydroxyl groups excluding tert-OH is 1. The highest BCUT2D eigenvalue weighted by atomic mass is 16.6. The van der Waals surface area contributed by atoms with Crippen LogP contribution in [0.3, 0.4) is 0 Å². The third kappa shape index (κ3) is 2.27. The summed E-state index contributed by atoms with van der Waals surface area (Å²) in [5, 5.41) is 10.3. The summed E-state index contributed by atoms with van der Waals surface area (Å²) in [6, 6.07) is 0. The number of likely N-dealkylation sites (N-methyl/N-ethyl adjacent to an activating group) is 1. The van der Waals surface area contributed by atoms with E-state index >= 15 is 0 Å². The van der Waals surface area contributed by atoms with Crippen LogP contribution in [-0.4, -0.2) is 73.1 Å². The number of hydrogen-bond acceptors (Lipinski definition) is 4. The second-order valence-electron chi connectivity index (χ2n) is 6.58. The number of ether oxygens (including phenoxy) is 1. The van der Waals surface area contributed by atoms with Gasteiger partial charge in [0.15, 0.2) is 0 Å². The van der Waals surface area contributed by atoms with Crippen molar-refractivity contribution >= 4 is 5.97 Å². The van der Waals surface area contributed by atoms with E-state index in [0.29, 0.717) is 13.3 Å². The van der Waals surface area contributed by atoms with Gasteiger partial charge in [-0.1, -0.05) is 0 Å². The van der Waals surface area contributed by atoms with Crippen LogP contribution in [0.2, 0.25) is 0 Å². The van der Waals surface area contributed by atoms with Crippen LogP contribution in [0.4, 0.5) is 0 Å². The number of rotatable bonds is 3. The molecule has 0 aromatic rings. The van der Waals surface area contributed by atoms with Crippen molar-refractivity contribution in [2.45, 2.75) is 25.4 Å². The summed E-state index contributed by atoms with van der Waals surface area (Å²) in [5.41, 5.74) is 0.282. The number of carbonyl (C=O) groups excluding carboxylic acids is 1. The Kier molecular flexibility index (Phi) is 2.88. The van der Waals surface area contributed by atoms with Crippen molar-refractivity contribution in [1.29, 1.82) is 0 Å². The highest BCUT2D eigenvalue weighted by Gasteiger charge is 2.55. The first-order valence-electron chi connectivity index (χ1n) is 6.91. The van der Waals surface area contributed by atoms with E-state index in [1.165, 1.54) is 12.8 Å². The van der Waals surface area contributed by atoms with Crippen LogP contribution >= 0.6 is 0 Å². The molecule has 0 bridgehead atoms. The number of esters is 1. The SMILES string of the molecule is C[N@@+]1(CCN2COC(=O)C2)CCC2(CC2)[C@H](O)C1. The second kappa shape index (κ2) is 4.18. The maximum Gasteiger partial charge on any atom is 0.321 e. The van der Waals surface area contributed by atoms with Crippen molar-refractivity contribution in [1.82, 2.24) is 4.90 Å². The number of cyclic esters (lactones) is 1. The fraction of sp³-hybridized carbons (Fsp3) is 0.923. The summed E-state index contributed by atoms with van der Waals surface area (Å²) >= 11 is 0. The number of quaternary nitrogens is 1. The van der Waals surface area contributed by atoms with E-state index in [9.17, 15) is 9.90 Å². The standard InChI is InChI=1S/C13H23N2O3/c1-15(7-5-14-8-12(17)18-10-14)6-4-13(2-3-13)11(16)9-15/h11,16H,2-10H2,1H3/q+1/t11-,15+/m1/s1. The zero-order valence-corrected chi connectivity index (χ0v) is 11.1. The van der Waals surface area contributed by atoms with Crippen molar-refractivity contribution in [3.8, 4) is 0 Å². The van der Waals surface area contributed by atoms with E-state index in [1.54, 1.807) is 0 Å². The predicted molar refractivity (Wildman–Crippen MR) is 65.6 cm³/mol. The number of aliphatic hydroxyl groups is 1. The number of hydrogen-bond donors (Lipinski definition) is 1. The molecule has 102 valence electrons. The molecule has 1 saturated carbocycles. The lowest BCUT2D eigenvalue weighted by Gasteiger charge is -2.44. The average Bonchev–Trinajstić information content (AvgIpc) is 3.00. The fourth-order valence-electron chi connectivity index (χ4n) is 3.27. The van der Waals surface area contributed by atoms with Gasteiger partial charge in [0.1, 0.15) is 19.4 Å². The molecule has 0 unspecified atom stereocenters. The van der Waals surface area contributed by atoms with Gasteiger partial charge in [-0.2, -0.15) is 0 Å². The van der Waals surface area contributed by atoms with Gasteiger partial charge in [0, 0.05) is 11.8 Å². The van der Waals surface area contributed by atoms with Crippen molar-refractivity contribution < 1.29 is 19.1 Å². The quantitative estimate of drug-likeness (QED) is 0.560. The molecule has 5 heteroatoms. The summed E-state index contributed by atoms with van der Waals surface area (Å²) < 4.78 is 5.86. The van der Waals surface area contributed by atoms with Gasteiger partial charge >= 0.3 is 5.97 Å². The minimum absolute atomic E-state index is 0.117. The molecule has 0 aromatic heterocycles. The normalized spacial score (nSPS) is 39.0. The summed E-state index contributed by atoms with van der Waals surface area (Å²) in [5.74, 6) is -0.117. The second-order valence-corrected chi connectivity index (χ2v) is 6.58. The largest absolute Gasteiger partial charge is 0.449 e.